The zero-order chi connectivity index (χ0) is 23.1. The van der Waals surface area contributed by atoms with Gasteiger partial charge >= 0.3 is 0 Å². The van der Waals surface area contributed by atoms with Crippen LogP contribution in [0.25, 0.3) is 11.3 Å². The number of hydrogen-bond acceptors (Lipinski definition) is 2. The maximum Gasteiger partial charge on any atom is 0.137 e. The number of unbranched alkanes of at least 4 members (excludes halogenated alkanes) is 6. The van der Waals surface area contributed by atoms with E-state index in [2.05, 4.69) is 49.2 Å². The van der Waals surface area contributed by atoms with Crippen LogP contribution >= 0.6 is 0 Å². The van der Waals surface area contributed by atoms with Crippen molar-refractivity contribution in [1.82, 2.24) is 4.98 Å². The van der Waals surface area contributed by atoms with Gasteiger partial charge in [0.25, 0.3) is 0 Å². The van der Waals surface area contributed by atoms with E-state index >= 15 is 0 Å². The fourth-order valence-electron chi connectivity index (χ4n) is 5.21. The maximum absolute atomic E-state index is 5.73. The first-order chi connectivity index (χ1) is 16.3. The maximum atomic E-state index is 5.73. The number of ether oxygens (including phenoxy) is 1. The fourth-order valence-corrected chi connectivity index (χ4v) is 5.21. The van der Waals surface area contributed by atoms with Gasteiger partial charge in [-0.05, 0) is 48.8 Å². The Morgan fingerprint density at radius 3 is 2.06 bits per heavy atom. The lowest BCUT2D eigenvalue weighted by atomic mass is 9.77. The molecule has 3 rings (SSSR count). The van der Waals surface area contributed by atoms with Gasteiger partial charge in [0.2, 0.25) is 0 Å². The van der Waals surface area contributed by atoms with Gasteiger partial charge in [-0.2, -0.15) is 0 Å². The molecule has 1 saturated carbocycles. The Hall–Kier alpha value is -1.83. The average Bonchev–Trinajstić information content (AvgIpc) is 2.86. The van der Waals surface area contributed by atoms with E-state index in [4.69, 9.17) is 4.74 Å². The van der Waals surface area contributed by atoms with E-state index in [9.17, 15) is 0 Å². The molecule has 0 unspecified atom stereocenters. The second-order valence-corrected chi connectivity index (χ2v) is 10.3. The van der Waals surface area contributed by atoms with Crippen LogP contribution in [0.15, 0.2) is 42.6 Å². The number of rotatable bonds is 15. The molecule has 1 fully saturated rings. The average molecular weight is 450 g/mol. The minimum absolute atomic E-state index is 0.771. The highest BCUT2D eigenvalue weighted by atomic mass is 16.5. The number of nitrogens with zero attached hydrogens (tertiary/aromatic N) is 1. The molecule has 1 aliphatic rings. The molecule has 1 aliphatic carbocycles. The van der Waals surface area contributed by atoms with Crippen LogP contribution in [0.5, 0.6) is 5.75 Å². The van der Waals surface area contributed by atoms with Crippen LogP contribution in [0, 0.1) is 11.8 Å². The van der Waals surface area contributed by atoms with Crippen LogP contribution in [0.3, 0.4) is 0 Å². The molecule has 0 spiro atoms. The summed E-state index contributed by atoms with van der Waals surface area (Å²) in [5, 5.41) is 0. The number of benzene rings is 1. The Kier molecular flexibility index (Phi) is 11.8. The van der Waals surface area contributed by atoms with Crippen LogP contribution in [0.1, 0.15) is 109 Å². The van der Waals surface area contributed by atoms with Gasteiger partial charge in [-0.1, -0.05) is 115 Å². The van der Waals surface area contributed by atoms with Crippen LogP contribution in [-0.4, -0.2) is 11.6 Å². The van der Waals surface area contributed by atoms with E-state index in [1.807, 2.05) is 12.3 Å². The molecule has 1 heterocycles. The normalized spacial score (nSPS) is 18.4. The summed E-state index contributed by atoms with van der Waals surface area (Å²) in [5.41, 5.74) is 3.68. The molecule has 0 bridgehead atoms. The van der Waals surface area contributed by atoms with Crippen molar-refractivity contribution < 1.29 is 4.74 Å². The Bertz CT molecular complexity index is 743. The Balaban J connectivity index is 1.33. The Labute approximate surface area is 203 Å². The molecular weight excluding hydrogens is 402 g/mol. The molecule has 0 radical (unpaired) electrons. The largest absolute Gasteiger partial charge is 0.492 e. The third-order valence-corrected chi connectivity index (χ3v) is 7.53. The van der Waals surface area contributed by atoms with Crippen molar-refractivity contribution in [2.75, 3.05) is 6.61 Å². The van der Waals surface area contributed by atoms with Gasteiger partial charge in [0.1, 0.15) is 5.75 Å². The highest BCUT2D eigenvalue weighted by Gasteiger charge is 2.20. The van der Waals surface area contributed by atoms with Crippen LogP contribution in [0.4, 0.5) is 0 Å². The Morgan fingerprint density at radius 2 is 1.39 bits per heavy atom. The van der Waals surface area contributed by atoms with Gasteiger partial charge in [0, 0.05) is 5.56 Å². The second-order valence-electron chi connectivity index (χ2n) is 10.3. The highest BCUT2D eigenvalue weighted by Crippen LogP contribution is 2.34. The smallest absolute Gasteiger partial charge is 0.137 e. The molecule has 0 saturated heterocycles. The summed E-state index contributed by atoms with van der Waals surface area (Å²) in [6, 6.07) is 13.2. The van der Waals surface area contributed by atoms with Gasteiger partial charge in [-0.15, -0.1) is 0 Å². The lowest BCUT2D eigenvalue weighted by Gasteiger charge is -2.28. The predicted molar refractivity (Wildman–Crippen MR) is 142 cm³/mol. The molecule has 0 aliphatic heterocycles. The van der Waals surface area contributed by atoms with Gasteiger partial charge in [-0.25, -0.2) is 0 Å². The summed E-state index contributed by atoms with van der Waals surface area (Å²) >= 11 is 0. The summed E-state index contributed by atoms with van der Waals surface area (Å²) in [7, 11) is 0. The minimum Gasteiger partial charge on any atom is -0.492 e. The van der Waals surface area contributed by atoms with Crippen molar-refractivity contribution in [3.8, 4) is 17.0 Å². The number of hydrogen-bond donors (Lipinski definition) is 0. The highest BCUT2D eigenvalue weighted by molar-refractivity contribution is 5.59. The minimum atomic E-state index is 0.771. The SMILES string of the molecule is CCCCCCCC[C@H]1CC[C@H](CCc2ccc(-c3ccc(OCCCC)cn3)cc2)CC1. The molecule has 2 heteroatoms. The number of aryl methyl sites for hydroxylation is 1. The third-order valence-electron chi connectivity index (χ3n) is 7.53. The summed E-state index contributed by atoms with van der Waals surface area (Å²) < 4.78 is 5.73. The Morgan fingerprint density at radius 1 is 0.727 bits per heavy atom. The molecule has 0 N–H and O–H groups in total. The molecule has 182 valence electrons. The van der Waals surface area contributed by atoms with E-state index in [1.54, 1.807) is 0 Å². The van der Waals surface area contributed by atoms with Gasteiger partial charge in [0.15, 0.2) is 0 Å². The first-order valence-electron chi connectivity index (χ1n) is 14.0. The molecule has 2 aromatic rings. The molecule has 33 heavy (non-hydrogen) atoms. The van der Waals surface area contributed by atoms with E-state index in [0.29, 0.717) is 0 Å². The molecule has 1 aromatic heterocycles. The van der Waals surface area contributed by atoms with E-state index in [1.165, 1.54) is 94.6 Å². The lowest BCUT2D eigenvalue weighted by molar-refractivity contribution is 0.248. The predicted octanol–water partition coefficient (Wildman–Crippen LogP) is 9.42. The standard InChI is InChI=1S/C31H47NO/c1-3-5-7-8-9-10-11-26-12-14-27(15-13-26)16-17-28-18-20-29(21-19-28)31-23-22-30(25-32-31)33-24-6-4-2/h18-23,25-27H,3-17,24H2,1-2H3/t26-,27-. The van der Waals surface area contributed by atoms with E-state index < -0.39 is 0 Å². The summed E-state index contributed by atoms with van der Waals surface area (Å²) in [6.07, 6.45) is 22.6. The van der Waals surface area contributed by atoms with Gasteiger partial charge in [0.05, 0.1) is 18.5 Å². The zero-order valence-corrected chi connectivity index (χ0v) is 21.4. The van der Waals surface area contributed by atoms with Crippen molar-refractivity contribution in [3.05, 3.63) is 48.2 Å². The van der Waals surface area contributed by atoms with Crippen molar-refractivity contribution >= 4 is 0 Å². The van der Waals surface area contributed by atoms with E-state index in [0.717, 1.165) is 42.7 Å². The van der Waals surface area contributed by atoms with Crippen LogP contribution in [0.2, 0.25) is 0 Å². The van der Waals surface area contributed by atoms with E-state index in [-0.39, 0.29) is 0 Å². The van der Waals surface area contributed by atoms with Crippen molar-refractivity contribution in [2.45, 2.75) is 110 Å². The first-order valence-corrected chi connectivity index (χ1v) is 14.0. The molecule has 1 aromatic carbocycles. The summed E-state index contributed by atoms with van der Waals surface area (Å²) in [6.45, 7) is 5.25. The zero-order valence-electron chi connectivity index (χ0n) is 21.4. The second kappa shape index (κ2) is 15.1. The number of aromatic nitrogens is 1. The van der Waals surface area contributed by atoms with Crippen LogP contribution in [-0.2, 0) is 6.42 Å². The van der Waals surface area contributed by atoms with Crippen LogP contribution < -0.4 is 4.74 Å². The van der Waals surface area contributed by atoms with Crippen molar-refractivity contribution in [2.24, 2.45) is 11.8 Å². The molecule has 0 atom stereocenters. The summed E-state index contributed by atoms with van der Waals surface area (Å²) in [5.74, 6) is 2.82. The number of pyridine rings is 1. The first kappa shape index (κ1) is 25.8. The van der Waals surface area contributed by atoms with Gasteiger partial charge in [-0.3, -0.25) is 4.98 Å². The van der Waals surface area contributed by atoms with Crippen molar-refractivity contribution in [1.29, 1.82) is 0 Å². The monoisotopic (exact) mass is 449 g/mol. The summed E-state index contributed by atoms with van der Waals surface area (Å²) in [4.78, 5) is 4.60. The fraction of sp³-hybridized carbons (Fsp3) is 0.645. The molecular formula is C31H47NO. The molecule has 2 nitrogen and oxygen atoms in total. The van der Waals surface area contributed by atoms with Gasteiger partial charge < -0.3 is 4.74 Å². The lowest BCUT2D eigenvalue weighted by Crippen LogP contribution is -2.15. The third kappa shape index (κ3) is 9.51. The van der Waals surface area contributed by atoms with Crippen molar-refractivity contribution in [3.63, 3.8) is 0 Å². The molecule has 0 amide bonds. The quantitative estimate of drug-likeness (QED) is 0.253. The topological polar surface area (TPSA) is 22.1 Å².